The van der Waals surface area contributed by atoms with Crippen LogP contribution in [0.15, 0.2) is 54.7 Å². The van der Waals surface area contributed by atoms with Gasteiger partial charge >= 0.3 is 0 Å². The highest BCUT2D eigenvalue weighted by molar-refractivity contribution is 6.34. The predicted molar refractivity (Wildman–Crippen MR) is 123 cm³/mol. The Morgan fingerprint density at radius 3 is 2.66 bits per heavy atom. The topological polar surface area (TPSA) is 115 Å². The zero-order valence-electron chi connectivity index (χ0n) is 18.2. The number of aliphatic hydroxyl groups excluding tert-OH is 1. The zero-order chi connectivity index (χ0) is 25.3. The number of nitrogens with zero attached hydrogens (tertiary/aromatic N) is 3. The van der Waals surface area contributed by atoms with Crippen molar-refractivity contribution in [2.75, 3.05) is 19.4 Å². The molecule has 0 saturated carbocycles. The number of nitrogens with two attached hydrogens (primary N) is 1. The van der Waals surface area contributed by atoms with Gasteiger partial charge in [-0.05, 0) is 47.5 Å². The second-order valence-corrected chi connectivity index (χ2v) is 8.00. The summed E-state index contributed by atoms with van der Waals surface area (Å²) in [6.07, 6.45) is -0.717. The number of amides is 1. The van der Waals surface area contributed by atoms with Crippen LogP contribution in [0.3, 0.4) is 0 Å². The van der Waals surface area contributed by atoms with E-state index in [1.165, 1.54) is 66.4 Å². The highest BCUT2D eigenvalue weighted by Gasteiger charge is 2.40. The molecule has 2 heterocycles. The highest BCUT2D eigenvalue weighted by Crippen LogP contribution is 2.33. The minimum absolute atomic E-state index is 0.00588. The molecule has 0 fully saturated rings. The summed E-state index contributed by atoms with van der Waals surface area (Å²) >= 11 is 6.03. The summed E-state index contributed by atoms with van der Waals surface area (Å²) < 4.78 is 50.9. The van der Waals surface area contributed by atoms with Crippen molar-refractivity contribution in [3.8, 4) is 16.9 Å². The Balaban J connectivity index is 1.55. The van der Waals surface area contributed by atoms with Gasteiger partial charge in [-0.1, -0.05) is 23.7 Å². The van der Waals surface area contributed by atoms with Crippen LogP contribution in [-0.2, 0) is 0 Å². The Hall–Kier alpha value is -3.83. The number of aliphatic hydroxyl groups is 1. The van der Waals surface area contributed by atoms with E-state index in [1.807, 2.05) is 5.32 Å². The highest BCUT2D eigenvalue weighted by atomic mass is 35.5. The molecule has 1 amide bonds. The number of carbonyl (C=O) groups excluding carboxylic acids is 1. The Kier molecular flexibility index (Phi) is 6.55. The Morgan fingerprint density at radius 2 is 1.97 bits per heavy atom. The van der Waals surface area contributed by atoms with E-state index in [-0.39, 0.29) is 22.1 Å². The van der Waals surface area contributed by atoms with Crippen LogP contribution < -0.4 is 15.8 Å². The SMILES string of the molecule is COc1ccc([C@@H](O)C(F)(F)CNC(=O)c2c(Cl)ccc(-c3ccn4nc(N)nc4c3)c2F)cc1. The number of methoxy groups -OCH3 is 1. The maximum Gasteiger partial charge on any atom is 0.294 e. The van der Waals surface area contributed by atoms with Crippen LogP contribution in [0.2, 0.25) is 5.02 Å². The molecule has 0 aliphatic rings. The fourth-order valence-corrected chi connectivity index (χ4v) is 3.69. The van der Waals surface area contributed by atoms with Crippen LogP contribution in [0.4, 0.5) is 19.1 Å². The molecule has 0 radical (unpaired) electrons. The van der Waals surface area contributed by atoms with Gasteiger partial charge in [0.05, 0.1) is 24.2 Å². The van der Waals surface area contributed by atoms with Crippen molar-refractivity contribution in [2.24, 2.45) is 0 Å². The number of halogens is 4. The van der Waals surface area contributed by atoms with E-state index in [9.17, 15) is 18.7 Å². The molecule has 2 aromatic heterocycles. The normalized spacial score (nSPS) is 12.5. The molecule has 4 rings (SSSR count). The quantitative estimate of drug-likeness (QED) is 0.351. The van der Waals surface area contributed by atoms with Gasteiger partial charge in [0.15, 0.2) is 5.65 Å². The number of hydrogen-bond acceptors (Lipinski definition) is 6. The van der Waals surface area contributed by atoms with Gasteiger partial charge in [0.25, 0.3) is 11.8 Å². The van der Waals surface area contributed by atoms with Gasteiger partial charge in [0, 0.05) is 11.8 Å². The van der Waals surface area contributed by atoms with Crippen molar-refractivity contribution in [3.63, 3.8) is 0 Å². The molecular formula is C23H19ClF3N5O3. The van der Waals surface area contributed by atoms with Gasteiger partial charge in [-0.15, -0.1) is 5.10 Å². The third-order valence-corrected chi connectivity index (χ3v) is 5.61. The lowest BCUT2D eigenvalue weighted by molar-refractivity contribution is -0.106. The number of rotatable bonds is 7. The predicted octanol–water partition coefficient (Wildman–Crippen LogP) is 3.88. The molecule has 2 aromatic carbocycles. The van der Waals surface area contributed by atoms with Gasteiger partial charge in [-0.2, -0.15) is 4.98 Å². The number of anilines is 1. The van der Waals surface area contributed by atoms with Crippen LogP contribution >= 0.6 is 11.6 Å². The lowest BCUT2D eigenvalue weighted by atomic mass is 10.0. The largest absolute Gasteiger partial charge is 0.497 e. The van der Waals surface area contributed by atoms with Crippen molar-refractivity contribution in [2.45, 2.75) is 12.0 Å². The molecule has 12 heteroatoms. The molecule has 182 valence electrons. The number of carbonyl (C=O) groups is 1. The van der Waals surface area contributed by atoms with Gasteiger partial charge in [-0.25, -0.2) is 17.7 Å². The Morgan fingerprint density at radius 1 is 1.26 bits per heavy atom. The van der Waals surface area contributed by atoms with Crippen LogP contribution in [0.1, 0.15) is 22.0 Å². The molecule has 0 aliphatic carbocycles. The number of alkyl halides is 2. The first kappa shape index (κ1) is 24.3. The summed E-state index contributed by atoms with van der Waals surface area (Å²) in [4.78, 5) is 16.7. The smallest absolute Gasteiger partial charge is 0.294 e. The third kappa shape index (κ3) is 4.86. The van der Waals surface area contributed by atoms with E-state index in [2.05, 4.69) is 10.1 Å². The molecule has 0 spiro atoms. The number of nitrogens with one attached hydrogen (secondary N) is 1. The van der Waals surface area contributed by atoms with Crippen molar-refractivity contribution in [3.05, 3.63) is 76.7 Å². The molecule has 0 aliphatic heterocycles. The first-order chi connectivity index (χ1) is 16.6. The van der Waals surface area contributed by atoms with Gasteiger partial charge in [0.1, 0.15) is 17.7 Å². The average molecular weight is 506 g/mol. The summed E-state index contributed by atoms with van der Waals surface area (Å²) in [7, 11) is 1.41. The average Bonchev–Trinajstić information content (AvgIpc) is 3.21. The van der Waals surface area contributed by atoms with E-state index >= 15 is 4.39 Å². The third-order valence-electron chi connectivity index (χ3n) is 5.30. The van der Waals surface area contributed by atoms with Crippen molar-refractivity contribution >= 4 is 29.1 Å². The summed E-state index contributed by atoms with van der Waals surface area (Å²) in [6.45, 7) is -1.26. The molecule has 4 N–H and O–H groups in total. The summed E-state index contributed by atoms with van der Waals surface area (Å²) in [5, 5.41) is 15.7. The van der Waals surface area contributed by atoms with E-state index in [0.717, 1.165) is 0 Å². The molecule has 4 aromatic rings. The standard InChI is InChI=1S/C23H19ClF3N5O3/c1-35-14-4-2-12(3-5-14)20(33)23(26,27)11-29-21(34)18-16(24)7-6-15(19(18)25)13-8-9-32-17(10-13)30-22(28)31-32/h2-10,20,33H,11H2,1H3,(H2,28,31)(H,29,34)/t20-/m1/s1. The maximum atomic E-state index is 15.3. The monoisotopic (exact) mass is 505 g/mol. The zero-order valence-corrected chi connectivity index (χ0v) is 18.9. The van der Waals surface area contributed by atoms with Crippen molar-refractivity contribution < 1.29 is 27.8 Å². The van der Waals surface area contributed by atoms with Crippen LogP contribution in [0.5, 0.6) is 5.75 Å². The summed E-state index contributed by atoms with van der Waals surface area (Å²) in [5.41, 5.74) is 5.54. The summed E-state index contributed by atoms with van der Waals surface area (Å²) in [6, 6.07) is 11.0. The first-order valence-electron chi connectivity index (χ1n) is 10.2. The Labute approximate surface area is 202 Å². The van der Waals surface area contributed by atoms with E-state index in [0.29, 0.717) is 17.0 Å². The van der Waals surface area contributed by atoms with Crippen LogP contribution in [0.25, 0.3) is 16.8 Å². The molecule has 0 saturated heterocycles. The Bertz CT molecular complexity index is 1400. The molecular weight excluding hydrogens is 487 g/mol. The number of benzene rings is 2. The lowest BCUT2D eigenvalue weighted by Gasteiger charge is -2.23. The summed E-state index contributed by atoms with van der Waals surface area (Å²) in [5.74, 6) is -5.48. The maximum absolute atomic E-state index is 15.3. The second kappa shape index (κ2) is 9.43. The number of fused-ring (bicyclic) bond motifs is 1. The number of hydrogen-bond donors (Lipinski definition) is 3. The van der Waals surface area contributed by atoms with E-state index < -0.39 is 35.9 Å². The molecule has 1 atom stereocenters. The van der Waals surface area contributed by atoms with Crippen molar-refractivity contribution in [1.29, 1.82) is 0 Å². The molecule has 35 heavy (non-hydrogen) atoms. The molecule has 0 bridgehead atoms. The number of pyridine rings is 1. The fraction of sp³-hybridized carbons (Fsp3) is 0.174. The van der Waals surface area contributed by atoms with Crippen LogP contribution in [-0.4, -0.2) is 45.2 Å². The van der Waals surface area contributed by atoms with Gasteiger partial charge in [-0.3, -0.25) is 4.79 Å². The van der Waals surface area contributed by atoms with E-state index in [1.54, 1.807) is 0 Å². The van der Waals surface area contributed by atoms with Gasteiger partial charge < -0.3 is 20.9 Å². The second-order valence-electron chi connectivity index (χ2n) is 7.59. The minimum Gasteiger partial charge on any atom is -0.497 e. The lowest BCUT2D eigenvalue weighted by Crippen LogP contribution is -2.41. The molecule has 0 unspecified atom stereocenters. The van der Waals surface area contributed by atoms with Crippen molar-refractivity contribution in [1.82, 2.24) is 19.9 Å². The number of ether oxygens (including phenoxy) is 1. The number of aromatic nitrogens is 3. The minimum atomic E-state index is -3.76. The van der Waals surface area contributed by atoms with Gasteiger partial charge in [0.2, 0.25) is 5.95 Å². The number of nitrogen functional groups attached to an aromatic ring is 1. The molecule has 8 nitrogen and oxygen atoms in total. The van der Waals surface area contributed by atoms with E-state index in [4.69, 9.17) is 22.1 Å². The first-order valence-corrected chi connectivity index (χ1v) is 10.6. The van der Waals surface area contributed by atoms with Crippen LogP contribution in [0, 0.1) is 5.82 Å². The fourth-order valence-electron chi connectivity index (χ4n) is 3.46.